The van der Waals surface area contributed by atoms with Crippen molar-refractivity contribution in [1.29, 1.82) is 0 Å². The van der Waals surface area contributed by atoms with Crippen LogP contribution < -0.4 is 0 Å². The number of Topliss-reactive ketones (excluding diaryl/α,β-unsaturated/α-hetero) is 1. The number of aliphatic hydroxyl groups is 3. The zero-order valence-corrected chi connectivity index (χ0v) is 21.8. The molecule has 4 aliphatic carbocycles. The van der Waals surface area contributed by atoms with Gasteiger partial charge < -0.3 is 15.3 Å². The van der Waals surface area contributed by atoms with E-state index < -0.39 is 5.60 Å². The van der Waals surface area contributed by atoms with E-state index >= 15 is 0 Å². The Morgan fingerprint density at radius 2 is 1.85 bits per heavy atom. The van der Waals surface area contributed by atoms with Crippen LogP contribution in [0.4, 0.5) is 0 Å². The van der Waals surface area contributed by atoms with Crippen LogP contribution in [0, 0.1) is 46.3 Å². The van der Waals surface area contributed by atoms with Crippen molar-refractivity contribution in [2.24, 2.45) is 46.3 Å². The number of hydrogen-bond donors (Lipinski definition) is 3. The van der Waals surface area contributed by atoms with Gasteiger partial charge in [0.1, 0.15) is 5.78 Å². The molecule has 4 rings (SSSR count). The van der Waals surface area contributed by atoms with E-state index in [-0.39, 0.29) is 53.0 Å². The lowest BCUT2D eigenvalue weighted by molar-refractivity contribution is -0.134. The predicted molar refractivity (Wildman–Crippen MR) is 131 cm³/mol. The zero-order valence-electron chi connectivity index (χ0n) is 21.8. The van der Waals surface area contributed by atoms with Crippen molar-refractivity contribution in [3.63, 3.8) is 0 Å². The molecule has 0 amide bonds. The van der Waals surface area contributed by atoms with E-state index in [1.807, 2.05) is 13.8 Å². The fraction of sp³-hybridized carbons (Fsp3) is 0.897. The van der Waals surface area contributed by atoms with Crippen LogP contribution in [0.1, 0.15) is 99.3 Å². The fourth-order valence-electron chi connectivity index (χ4n) is 8.88. The highest BCUT2D eigenvalue weighted by atomic mass is 16.3. The molecule has 0 aromatic carbocycles. The van der Waals surface area contributed by atoms with E-state index in [0.717, 1.165) is 44.9 Å². The second kappa shape index (κ2) is 8.75. The van der Waals surface area contributed by atoms with Gasteiger partial charge in [0.25, 0.3) is 0 Å². The third kappa shape index (κ3) is 4.06. The van der Waals surface area contributed by atoms with Gasteiger partial charge in [-0.05, 0) is 92.3 Å². The Balaban J connectivity index is 1.58. The van der Waals surface area contributed by atoms with Crippen LogP contribution in [-0.4, -0.2) is 38.9 Å². The summed E-state index contributed by atoms with van der Waals surface area (Å²) in [5.74, 6) is 1.55. The van der Waals surface area contributed by atoms with Gasteiger partial charge in [-0.2, -0.15) is 0 Å². The number of hydrogen-bond acceptors (Lipinski definition) is 4. The lowest BCUT2D eigenvalue weighted by atomic mass is 9.47. The second-order valence-electron chi connectivity index (χ2n) is 13.1. The van der Waals surface area contributed by atoms with E-state index in [1.54, 1.807) is 0 Å². The number of carbonyl (C=O) groups excluding carboxylic acids is 1. The van der Waals surface area contributed by atoms with Crippen molar-refractivity contribution in [1.82, 2.24) is 0 Å². The summed E-state index contributed by atoms with van der Waals surface area (Å²) in [6.07, 6.45) is 9.23. The molecule has 0 aromatic heterocycles. The minimum atomic E-state index is -0.998. The molecule has 2 unspecified atom stereocenters. The summed E-state index contributed by atoms with van der Waals surface area (Å²) in [6, 6.07) is 0. The van der Waals surface area contributed by atoms with Gasteiger partial charge in [-0.25, -0.2) is 0 Å². The summed E-state index contributed by atoms with van der Waals surface area (Å²) < 4.78 is 0. The molecule has 0 heterocycles. The predicted octanol–water partition coefficient (Wildman–Crippen LogP) is 5.29. The number of fused-ring (bicyclic) bond motifs is 5. The summed E-state index contributed by atoms with van der Waals surface area (Å²) >= 11 is 0. The molecular weight excluding hydrogens is 412 g/mol. The molecule has 33 heavy (non-hydrogen) atoms. The zero-order chi connectivity index (χ0) is 24.3. The van der Waals surface area contributed by atoms with Gasteiger partial charge in [-0.1, -0.05) is 52.7 Å². The summed E-state index contributed by atoms with van der Waals surface area (Å²) in [7, 11) is 0. The molecular formula is C29H48O4. The van der Waals surface area contributed by atoms with Gasteiger partial charge in [0.15, 0.2) is 0 Å². The first kappa shape index (κ1) is 25.4. The van der Waals surface area contributed by atoms with Crippen LogP contribution in [0.5, 0.6) is 0 Å². The molecule has 11 atom stereocenters. The summed E-state index contributed by atoms with van der Waals surface area (Å²) in [4.78, 5) is 13.1. The topological polar surface area (TPSA) is 77.8 Å². The standard InChI is InChI=1S/C29H48O4/c1-7-17(2)18(3)25(32)16-29(6,33)26-9-8-21-20-15-24(31)23-14-19(30)10-12-27(23,4)22(20)11-13-28(21,26)5/h11,17-21,23-24,26,30-31,33H,7-10,12-16H2,1-6H3/t17-,18+,19+,20?,21+,23?,24+,26+,27-,28+,29+/m1/s1. The molecule has 4 heteroatoms. The Morgan fingerprint density at radius 1 is 1.15 bits per heavy atom. The van der Waals surface area contributed by atoms with E-state index in [9.17, 15) is 20.1 Å². The van der Waals surface area contributed by atoms with Gasteiger partial charge >= 0.3 is 0 Å². The summed E-state index contributed by atoms with van der Waals surface area (Å²) in [5, 5.41) is 33.1. The average Bonchev–Trinajstić information content (AvgIpc) is 3.12. The molecule has 3 saturated carbocycles. The molecule has 188 valence electrons. The quantitative estimate of drug-likeness (QED) is 0.471. The number of aliphatic hydroxyl groups excluding tert-OH is 2. The molecule has 0 saturated heterocycles. The van der Waals surface area contributed by atoms with Crippen molar-refractivity contribution >= 4 is 5.78 Å². The molecule has 0 bridgehead atoms. The Labute approximate surface area is 201 Å². The van der Waals surface area contributed by atoms with Gasteiger partial charge in [0.2, 0.25) is 0 Å². The maximum absolute atomic E-state index is 13.1. The molecule has 0 radical (unpaired) electrons. The van der Waals surface area contributed by atoms with Gasteiger partial charge in [-0.3, -0.25) is 4.79 Å². The Hall–Kier alpha value is -0.710. The molecule has 4 aliphatic rings. The van der Waals surface area contributed by atoms with Crippen LogP contribution in [0.15, 0.2) is 11.6 Å². The highest BCUT2D eigenvalue weighted by Crippen LogP contribution is 2.66. The van der Waals surface area contributed by atoms with Crippen LogP contribution in [0.3, 0.4) is 0 Å². The van der Waals surface area contributed by atoms with Crippen LogP contribution in [0.25, 0.3) is 0 Å². The molecule has 0 aromatic rings. The smallest absolute Gasteiger partial charge is 0.138 e. The van der Waals surface area contributed by atoms with Crippen molar-refractivity contribution in [3.8, 4) is 0 Å². The summed E-state index contributed by atoms with van der Waals surface area (Å²) in [6.45, 7) is 12.8. The molecule has 3 N–H and O–H groups in total. The molecule has 0 spiro atoms. The number of rotatable bonds is 6. The Kier molecular flexibility index (Phi) is 6.73. The first-order chi connectivity index (χ1) is 15.3. The largest absolute Gasteiger partial charge is 0.393 e. The minimum absolute atomic E-state index is 0.0173. The van der Waals surface area contributed by atoms with Crippen LogP contribution >= 0.6 is 0 Å². The SMILES string of the molecule is CC[C@@H](C)[C@H](C)C(=O)C[C@](C)(O)[C@H]1CC[C@H]2C3C[C@H](O)C4C[C@@H](O)CC[C@]4(C)C3=CC[C@@]21C. The van der Waals surface area contributed by atoms with E-state index in [0.29, 0.717) is 24.2 Å². The molecule has 4 nitrogen and oxygen atoms in total. The van der Waals surface area contributed by atoms with Crippen molar-refractivity contribution in [2.45, 2.75) is 117 Å². The number of allylic oxidation sites excluding steroid dienone is 2. The maximum atomic E-state index is 13.1. The second-order valence-corrected chi connectivity index (χ2v) is 13.1. The third-order valence-electron chi connectivity index (χ3n) is 11.3. The summed E-state index contributed by atoms with van der Waals surface area (Å²) in [5.41, 5.74) is 0.455. The van der Waals surface area contributed by atoms with Crippen LogP contribution in [-0.2, 0) is 4.79 Å². The molecule has 3 fully saturated rings. The van der Waals surface area contributed by atoms with Crippen molar-refractivity contribution in [3.05, 3.63) is 11.6 Å². The monoisotopic (exact) mass is 460 g/mol. The average molecular weight is 461 g/mol. The third-order valence-corrected chi connectivity index (χ3v) is 11.3. The number of carbonyl (C=O) groups is 1. The first-order valence-corrected chi connectivity index (χ1v) is 13.7. The number of ketones is 1. The van der Waals surface area contributed by atoms with Gasteiger partial charge in [0, 0.05) is 12.3 Å². The highest BCUT2D eigenvalue weighted by Gasteiger charge is 2.61. The maximum Gasteiger partial charge on any atom is 0.138 e. The highest BCUT2D eigenvalue weighted by molar-refractivity contribution is 5.81. The fourth-order valence-corrected chi connectivity index (χ4v) is 8.88. The molecule has 0 aliphatic heterocycles. The lowest BCUT2D eigenvalue weighted by Crippen LogP contribution is -2.55. The van der Waals surface area contributed by atoms with Crippen molar-refractivity contribution < 1.29 is 20.1 Å². The Morgan fingerprint density at radius 3 is 2.52 bits per heavy atom. The van der Waals surface area contributed by atoms with Gasteiger partial charge in [0.05, 0.1) is 17.8 Å². The minimum Gasteiger partial charge on any atom is -0.393 e. The first-order valence-electron chi connectivity index (χ1n) is 13.7. The van der Waals surface area contributed by atoms with E-state index in [1.165, 1.54) is 5.57 Å². The van der Waals surface area contributed by atoms with Crippen LogP contribution in [0.2, 0.25) is 0 Å². The van der Waals surface area contributed by atoms with E-state index in [2.05, 4.69) is 33.8 Å². The van der Waals surface area contributed by atoms with E-state index in [4.69, 9.17) is 0 Å². The van der Waals surface area contributed by atoms with Gasteiger partial charge in [-0.15, -0.1) is 0 Å². The van der Waals surface area contributed by atoms with Crippen molar-refractivity contribution in [2.75, 3.05) is 0 Å². The normalized spacial score (nSPS) is 46.3. The Bertz CT molecular complexity index is 786. The lowest BCUT2D eigenvalue weighted by Gasteiger charge is -2.58.